The topological polar surface area (TPSA) is 39.6 Å². The summed E-state index contributed by atoms with van der Waals surface area (Å²) in [4.78, 5) is 3.62. The molecule has 0 bridgehead atoms. The summed E-state index contributed by atoms with van der Waals surface area (Å²) in [6.45, 7) is 4.41. The predicted octanol–water partition coefficient (Wildman–Crippen LogP) is 9.15. The molecule has 0 amide bonds. The maximum Gasteiger partial charge on any atom is 0.102 e. The van der Waals surface area contributed by atoms with Crippen molar-refractivity contribution < 1.29 is 0 Å². The summed E-state index contributed by atoms with van der Waals surface area (Å²) in [6, 6.07) is 29.2. The van der Waals surface area contributed by atoms with Crippen molar-refractivity contribution in [3.05, 3.63) is 106 Å². The van der Waals surface area contributed by atoms with Crippen LogP contribution in [0.25, 0.3) is 32.9 Å². The van der Waals surface area contributed by atoms with Crippen LogP contribution in [0, 0.1) is 24.2 Å². The van der Waals surface area contributed by atoms with E-state index in [2.05, 4.69) is 97.7 Å². The van der Waals surface area contributed by atoms with E-state index in [0.717, 1.165) is 23.0 Å². The molecule has 5 aromatic rings. The first kappa shape index (κ1) is 22.4. The van der Waals surface area contributed by atoms with Crippen molar-refractivity contribution in [1.82, 2.24) is 4.98 Å². The third-order valence-electron chi connectivity index (χ3n) is 9.38. The minimum Gasteiger partial charge on any atom is -0.353 e. The van der Waals surface area contributed by atoms with Crippen LogP contribution in [0.2, 0.25) is 0 Å². The fourth-order valence-electron chi connectivity index (χ4n) is 7.79. The third-order valence-corrected chi connectivity index (χ3v) is 9.38. The van der Waals surface area contributed by atoms with E-state index in [-0.39, 0.29) is 0 Å². The predicted molar refractivity (Wildman–Crippen MR) is 153 cm³/mol. The fraction of sp³-hybridized carbons (Fsp3) is 0.286. The highest BCUT2D eigenvalue weighted by molar-refractivity contribution is 6.11. The lowest BCUT2D eigenvalue weighted by atomic mass is 9.69. The van der Waals surface area contributed by atoms with E-state index in [1.54, 1.807) is 0 Å². The van der Waals surface area contributed by atoms with Crippen LogP contribution in [0.5, 0.6) is 0 Å². The molecule has 0 atom stereocenters. The molecule has 2 nitrogen and oxygen atoms in total. The highest BCUT2D eigenvalue weighted by atomic mass is 14.7. The van der Waals surface area contributed by atoms with Gasteiger partial charge in [-0.25, -0.2) is 0 Å². The number of nitrogens with one attached hydrogen (secondary N) is 1. The molecule has 0 unspecified atom stereocenters. The number of rotatable bonds is 3. The van der Waals surface area contributed by atoms with Gasteiger partial charge < -0.3 is 4.98 Å². The van der Waals surface area contributed by atoms with Crippen LogP contribution in [0.1, 0.15) is 77.8 Å². The first-order valence-electron chi connectivity index (χ1n) is 13.8. The summed E-state index contributed by atoms with van der Waals surface area (Å²) in [5, 5.41) is 12.7. The molecule has 2 aliphatic carbocycles. The van der Waals surface area contributed by atoms with Gasteiger partial charge in [-0.15, -0.1) is 0 Å². The molecule has 2 aliphatic rings. The smallest absolute Gasteiger partial charge is 0.102 e. The Bertz CT molecular complexity index is 1660. The van der Waals surface area contributed by atoms with Crippen LogP contribution in [-0.4, -0.2) is 4.98 Å². The van der Waals surface area contributed by atoms with Gasteiger partial charge in [0.2, 0.25) is 0 Å². The molecule has 0 aliphatic heterocycles. The molecule has 2 heteroatoms. The van der Waals surface area contributed by atoms with E-state index >= 15 is 0 Å². The number of nitriles is 1. The van der Waals surface area contributed by atoms with E-state index in [1.807, 2.05) is 0 Å². The number of fused-ring (bicyclic) bond motifs is 6. The second-order valence-electron chi connectivity index (χ2n) is 11.0. The zero-order valence-corrected chi connectivity index (χ0v) is 21.6. The van der Waals surface area contributed by atoms with E-state index in [9.17, 15) is 5.26 Å². The molecule has 0 spiro atoms. The van der Waals surface area contributed by atoms with Crippen molar-refractivity contribution in [1.29, 1.82) is 5.26 Å². The lowest BCUT2D eigenvalue weighted by Gasteiger charge is -2.35. The van der Waals surface area contributed by atoms with Crippen LogP contribution in [0.3, 0.4) is 0 Å². The lowest BCUT2D eigenvalue weighted by Crippen LogP contribution is -2.20. The Hall–Kier alpha value is -3.83. The maximum atomic E-state index is 10.1. The normalized spacial score (nSPS) is 19.2. The van der Waals surface area contributed by atoms with Gasteiger partial charge >= 0.3 is 0 Å². The highest BCUT2D eigenvalue weighted by Crippen LogP contribution is 2.53. The molecule has 1 fully saturated rings. The number of aromatic amines is 1. The van der Waals surface area contributed by atoms with Crippen LogP contribution >= 0.6 is 0 Å². The Morgan fingerprint density at radius 2 is 1.46 bits per heavy atom. The first-order valence-corrected chi connectivity index (χ1v) is 13.8. The van der Waals surface area contributed by atoms with E-state index in [0.29, 0.717) is 17.8 Å². The fourth-order valence-corrected chi connectivity index (χ4v) is 7.79. The van der Waals surface area contributed by atoms with Crippen molar-refractivity contribution in [3.8, 4) is 17.2 Å². The number of para-hydroxylation sites is 1. The molecule has 1 aromatic heterocycles. The number of H-pyrrole nitrogens is 1. The molecule has 4 aromatic carbocycles. The van der Waals surface area contributed by atoms with Gasteiger partial charge in [-0.3, -0.25) is 0 Å². The average molecular weight is 481 g/mol. The summed E-state index contributed by atoms with van der Waals surface area (Å²) in [5.41, 5.74) is 13.0. The third kappa shape index (κ3) is 3.23. The molecular weight excluding hydrogens is 448 g/mol. The van der Waals surface area contributed by atoms with E-state index < -0.39 is 0 Å². The van der Waals surface area contributed by atoms with Crippen LogP contribution < -0.4 is 0 Å². The van der Waals surface area contributed by atoms with Gasteiger partial charge in [-0.1, -0.05) is 73.7 Å². The monoisotopic (exact) mass is 480 g/mol. The molecule has 37 heavy (non-hydrogen) atoms. The largest absolute Gasteiger partial charge is 0.353 e. The summed E-state index contributed by atoms with van der Waals surface area (Å²) >= 11 is 0. The molecule has 0 radical (unpaired) electrons. The second kappa shape index (κ2) is 8.63. The number of aromatic nitrogens is 1. The number of benzene rings is 4. The van der Waals surface area contributed by atoms with Crippen molar-refractivity contribution in [3.63, 3.8) is 0 Å². The lowest BCUT2D eigenvalue weighted by molar-refractivity contribution is 0.303. The van der Waals surface area contributed by atoms with Gasteiger partial charge in [-0.05, 0) is 95.9 Å². The zero-order valence-electron chi connectivity index (χ0n) is 21.6. The number of hydrogen-bond acceptors (Lipinski definition) is 1. The Labute approximate surface area is 219 Å². The van der Waals surface area contributed by atoms with E-state index in [4.69, 9.17) is 0 Å². The van der Waals surface area contributed by atoms with E-state index in [1.165, 1.54) is 75.4 Å². The van der Waals surface area contributed by atoms with Crippen LogP contribution in [0.15, 0.2) is 72.8 Å². The Kier molecular flexibility index (Phi) is 5.22. The van der Waals surface area contributed by atoms with Gasteiger partial charge in [0.25, 0.3) is 0 Å². The van der Waals surface area contributed by atoms with Gasteiger partial charge in [0, 0.05) is 22.2 Å². The summed E-state index contributed by atoms with van der Waals surface area (Å²) in [5.74, 6) is 1.71. The summed E-state index contributed by atoms with van der Waals surface area (Å²) in [6.07, 6.45) is 5.86. The van der Waals surface area contributed by atoms with Gasteiger partial charge in [-0.2, -0.15) is 5.26 Å². The van der Waals surface area contributed by atoms with Crippen molar-refractivity contribution in [2.75, 3.05) is 0 Å². The Morgan fingerprint density at radius 3 is 2.11 bits per heavy atom. The van der Waals surface area contributed by atoms with Crippen LogP contribution in [0.4, 0.5) is 0 Å². The number of hydrogen-bond donors (Lipinski definition) is 1. The SMILES string of the molecule is CCc1c(C)c(C#N)c2[nH]c3ccccc3c2c1C1CCC(C2c3ccccc3-c3ccccc32)CC1. The number of nitrogens with zero attached hydrogens (tertiary/aromatic N) is 1. The van der Waals surface area contributed by atoms with Gasteiger partial charge in [0.05, 0.1) is 11.1 Å². The van der Waals surface area contributed by atoms with Crippen molar-refractivity contribution in [2.24, 2.45) is 5.92 Å². The Balaban J connectivity index is 1.30. The van der Waals surface area contributed by atoms with Crippen molar-refractivity contribution >= 4 is 21.8 Å². The molecule has 0 saturated heterocycles. The Morgan fingerprint density at radius 1 is 0.838 bits per heavy atom. The van der Waals surface area contributed by atoms with Gasteiger partial charge in [0.1, 0.15) is 6.07 Å². The highest BCUT2D eigenvalue weighted by Gasteiger charge is 2.37. The minimum atomic E-state index is 0.509. The summed E-state index contributed by atoms with van der Waals surface area (Å²) < 4.78 is 0. The molecule has 1 saturated carbocycles. The van der Waals surface area contributed by atoms with Crippen molar-refractivity contribution in [2.45, 2.75) is 57.8 Å². The van der Waals surface area contributed by atoms with Crippen LogP contribution in [-0.2, 0) is 6.42 Å². The zero-order chi connectivity index (χ0) is 25.1. The molecule has 1 heterocycles. The molecule has 182 valence electrons. The van der Waals surface area contributed by atoms with Gasteiger partial charge in [0.15, 0.2) is 0 Å². The average Bonchev–Trinajstić information content (AvgIpc) is 3.49. The minimum absolute atomic E-state index is 0.509. The molecular formula is C35H32N2. The second-order valence-corrected chi connectivity index (χ2v) is 11.0. The summed E-state index contributed by atoms with van der Waals surface area (Å²) in [7, 11) is 0. The maximum absolute atomic E-state index is 10.1. The molecule has 1 N–H and O–H groups in total. The quantitative estimate of drug-likeness (QED) is 0.275. The first-order chi connectivity index (χ1) is 18.2. The molecule has 7 rings (SSSR count). The standard InChI is InChI=1S/C35H32N2/c1-3-24-21(2)30(20-36)35-34(29-14-8-9-15-31(29)37-35)33(24)23-18-16-22(17-19-23)32-27-12-6-4-10-25(27)26-11-5-7-13-28(26)32/h4-15,22-23,32,37H,3,16-19H2,1-2H3.